The highest BCUT2D eigenvalue weighted by Crippen LogP contribution is 2.17. The molecule has 0 saturated carbocycles. The molecular weight excluding hydrogens is 280 g/mol. The van der Waals surface area contributed by atoms with Crippen molar-refractivity contribution < 1.29 is 19.4 Å². The standard InChI is InChI=1S/C15H21ClO4/c1-19-9-10-20-8-2-3-13(15(17)18)11-12-4-6-14(16)7-5-12/h4-7,13H,2-3,8-11H2,1H3,(H,17,18). The van der Waals surface area contributed by atoms with Crippen molar-refractivity contribution in [3.63, 3.8) is 0 Å². The fourth-order valence-electron chi connectivity index (χ4n) is 1.89. The summed E-state index contributed by atoms with van der Waals surface area (Å²) in [7, 11) is 1.62. The molecule has 1 rings (SSSR count). The molecule has 1 unspecified atom stereocenters. The van der Waals surface area contributed by atoms with Crippen molar-refractivity contribution in [3.8, 4) is 0 Å². The first-order valence-electron chi connectivity index (χ1n) is 6.67. The van der Waals surface area contributed by atoms with Gasteiger partial charge in [0.05, 0.1) is 19.1 Å². The maximum atomic E-state index is 11.3. The van der Waals surface area contributed by atoms with Crippen LogP contribution in [-0.2, 0) is 20.7 Å². The summed E-state index contributed by atoms with van der Waals surface area (Å²) < 4.78 is 10.2. The van der Waals surface area contributed by atoms with Crippen LogP contribution in [0.5, 0.6) is 0 Å². The zero-order valence-electron chi connectivity index (χ0n) is 11.7. The average molecular weight is 301 g/mol. The number of aliphatic carboxylic acids is 1. The topological polar surface area (TPSA) is 55.8 Å². The molecule has 1 atom stereocenters. The smallest absolute Gasteiger partial charge is 0.306 e. The Morgan fingerprint density at radius 1 is 1.25 bits per heavy atom. The van der Waals surface area contributed by atoms with Gasteiger partial charge in [0.15, 0.2) is 0 Å². The molecule has 0 aliphatic rings. The number of halogens is 1. The number of carboxylic acids is 1. The lowest BCUT2D eigenvalue weighted by molar-refractivity contribution is -0.142. The van der Waals surface area contributed by atoms with E-state index in [0.717, 1.165) is 12.0 Å². The molecule has 1 N–H and O–H groups in total. The average Bonchev–Trinajstić information content (AvgIpc) is 2.43. The summed E-state index contributed by atoms with van der Waals surface area (Å²) >= 11 is 5.81. The third kappa shape index (κ3) is 6.89. The monoisotopic (exact) mass is 300 g/mol. The Morgan fingerprint density at radius 2 is 1.95 bits per heavy atom. The number of hydrogen-bond acceptors (Lipinski definition) is 3. The predicted molar refractivity (Wildman–Crippen MR) is 78.2 cm³/mol. The summed E-state index contributed by atoms with van der Waals surface area (Å²) in [6.07, 6.45) is 1.85. The van der Waals surface area contributed by atoms with Crippen LogP contribution in [0.2, 0.25) is 5.02 Å². The Hall–Kier alpha value is -1.10. The number of carbonyl (C=O) groups is 1. The highest BCUT2D eigenvalue weighted by Gasteiger charge is 2.17. The number of hydrogen-bond donors (Lipinski definition) is 1. The van der Waals surface area contributed by atoms with Gasteiger partial charge in [-0.2, -0.15) is 0 Å². The minimum Gasteiger partial charge on any atom is -0.481 e. The van der Waals surface area contributed by atoms with Crippen LogP contribution >= 0.6 is 11.6 Å². The Balaban J connectivity index is 2.33. The van der Waals surface area contributed by atoms with Gasteiger partial charge < -0.3 is 14.6 Å². The summed E-state index contributed by atoms with van der Waals surface area (Å²) in [5.74, 6) is -1.15. The molecule has 4 nitrogen and oxygen atoms in total. The third-order valence-corrected chi connectivity index (χ3v) is 3.27. The molecule has 0 aliphatic heterocycles. The highest BCUT2D eigenvalue weighted by molar-refractivity contribution is 6.30. The van der Waals surface area contributed by atoms with E-state index in [2.05, 4.69) is 0 Å². The van der Waals surface area contributed by atoms with Crippen molar-refractivity contribution in [2.45, 2.75) is 19.3 Å². The van der Waals surface area contributed by atoms with Gasteiger partial charge in [-0.05, 0) is 37.0 Å². The van der Waals surface area contributed by atoms with Crippen LogP contribution in [0.15, 0.2) is 24.3 Å². The number of benzene rings is 1. The van der Waals surface area contributed by atoms with E-state index in [1.54, 1.807) is 19.2 Å². The fraction of sp³-hybridized carbons (Fsp3) is 0.533. The largest absolute Gasteiger partial charge is 0.481 e. The number of ether oxygens (including phenoxy) is 2. The molecule has 0 spiro atoms. The molecule has 1 aromatic carbocycles. The zero-order chi connectivity index (χ0) is 14.8. The van der Waals surface area contributed by atoms with Crippen molar-refractivity contribution >= 4 is 17.6 Å². The van der Waals surface area contributed by atoms with Crippen molar-refractivity contribution in [2.24, 2.45) is 5.92 Å². The van der Waals surface area contributed by atoms with Crippen molar-refractivity contribution in [1.29, 1.82) is 0 Å². The van der Waals surface area contributed by atoms with E-state index >= 15 is 0 Å². The summed E-state index contributed by atoms with van der Waals surface area (Å²) in [4.78, 5) is 11.3. The van der Waals surface area contributed by atoms with Gasteiger partial charge in [0.2, 0.25) is 0 Å². The van der Waals surface area contributed by atoms with Crippen LogP contribution in [0, 0.1) is 5.92 Å². The lowest BCUT2D eigenvalue weighted by Gasteiger charge is -2.12. The second kappa shape index (κ2) is 9.75. The first kappa shape index (κ1) is 17.0. The molecule has 0 amide bonds. The van der Waals surface area contributed by atoms with Gasteiger partial charge in [-0.15, -0.1) is 0 Å². The molecule has 20 heavy (non-hydrogen) atoms. The Kier molecular flexibility index (Phi) is 8.26. The molecule has 1 aromatic rings. The van der Waals surface area contributed by atoms with E-state index in [9.17, 15) is 9.90 Å². The minimum atomic E-state index is -0.767. The van der Waals surface area contributed by atoms with E-state index in [4.69, 9.17) is 21.1 Å². The fourth-order valence-corrected chi connectivity index (χ4v) is 2.02. The van der Waals surface area contributed by atoms with Crippen molar-refractivity contribution in [3.05, 3.63) is 34.9 Å². The minimum absolute atomic E-state index is 0.387. The van der Waals surface area contributed by atoms with Gasteiger partial charge in [-0.1, -0.05) is 23.7 Å². The number of carboxylic acid groups (broad SMARTS) is 1. The molecule has 5 heteroatoms. The van der Waals surface area contributed by atoms with Gasteiger partial charge >= 0.3 is 5.97 Å². The second-order valence-corrected chi connectivity index (χ2v) is 5.05. The molecule has 112 valence electrons. The molecule has 0 aromatic heterocycles. The maximum Gasteiger partial charge on any atom is 0.306 e. The van der Waals surface area contributed by atoms with Gasteiger partial charge in [0.1, 0.15) is 0 Å². The molecule has 0 heterocycles. The molecule has 0 fully saturated rings. The molecule has 0 bridgehead atoms. The van der Waals surface area contributed by atoms with Crippen LogP contribution in [-0.4, -0.2) is 38.0 Å². The van der Waals surface area contributed by atoms with Gasteiger partial charge in [0, 0.05) is 18.7 Å². The van der Waals surface area contributed by atoms with E-state index < -0.39 is 5.97 Å². The SMILES string of the molecule is COCCOCCCC(Cc1ccc(Cl)cc1)C(=O)O. The zero-order valence-corrected chi connectivity index (χ0v) is 12.4. The van der Waals surface area contributed by atoms with Crippen molar-refractivity contribution in [2.75, 3.05) is 26.9 Å². The Labute approximate surface area is 124 Å². The summed E-state index contributed by atoms with van der Waals surface area (Å²) in [6, 6.07) is 7.30. The second-order valence-electron chi connectivity index (χ2n) is 4.61. The van der Waals surface area contributed by atoms with Crippen molar-refractivity contribution in [1.82, 2.24) is 0 Å². The number of rotatable bonds is 10. The van der Waals surface area contributed by atoms with Crippen LogP contribution in [0.4, 0.5) is 0 Å². The van der Waals surface area contributed by atoms with Gasteiger partial charge in [-0.3, -0.25) is 4.79 Å². The highest BCUT2D eigenvalue weighted by atomic mass is 35.5. The number of methoxy groups -OCH3 is 1. The van der Waals surface area contributed by atoms with E-state index in [-0.39, 0.29) is 5.92 Å². The summed E-state index contributed by atoms with van der Waals surface area (Å²) in [5.41, 5.74) is 0.988. The summed E-state index contributed by atoms with van der Waals surface area (Å²) in [5, 5.41) is 9.90. The molecular formula is C15H21ClO4. The Morgan fingerprint density at radius 3 is 2.55 bits per heavy atom. The van der Waals surface area contributed by atoms with E-state index in [1.165, 1.54) is 0 Å². The van der Waals surface area contributed by atoms with Crippen LogP contribution in [0.3, 0.4) is 0 Å². The van der Waals surface area contributed by atoms with E-state index in [0.29, 0.717) is 37.7 Å². The normalized spacial score (nSPS) is 12.3. The maximum absolute atomic E-state index is 11.3. The van der Waals surface area contributed by atoms with Gasteiger partial charge in [-0.25, -0.2) is 0 Å². The lowest BCUT2D eigenvalue weighted by Crippen LogP contribution is -2.17. The first-order chi connectivity index (χ1) is 9.63. The van der Waals surface area contributed by atoms with Gasteiger partial charge in [0.25, 0.3) is 0 Å². The first-order valence-corrected chi connectivity index (χ1v) is 7.05. The summed E-state index contributed by atoms with van der Waals surface area (Å²) in [6.45, 7) is 1.67. The molecule has 0 saturated heterocycles. The molecule has 0 aliphatic carbocycles. The third-order valence-electron chi connectivity index (χ3n) is 3.02. The quantitative estimate of drug-likeness (QED) is 0.675. The predicted octanol–water partition coefficient (Wildman–Crippen LogP) is 3.03. The van der Waals surface area contributed by atoms with Crippen LogP contribution in [0.1, 0.15) is 18.4 Å². The van der Waals surface area contributed by atoms with Crippen LogP contribution < -0.4 is 0 Å². The van der Waals surface area contributed by atoms with Crippen LogP contribution in [0.25, 0.3) is 0 Å². The Bertz CT molecular complexity index is 391. The molecule has 0 radical (unpaired) electrons. The van der Waals surface area contributed by atoms with E-state index in [1.807, 2.05) is 12.1 Å². The lowest BCUT2D eigenvalue weighted by atomic mass is 9.95.